The maximum Gasteiger partial charge on any atom is 0.243 e. The molecule has 0 radical (unpaired) electrons. The van der Waals surface area contributed by atoms with Gasteiger partial charge in [-0.15, -0.1) is 0 Å². The van der Waals surface area contributed by atoms with E-state index in [1.165, 1.54) is 4.31 Å². The average molecular weight is 401 g/mol. The van der Waals surface area contributed by atoms with Crippen molar-refractivity contribution in [3.8, 4) is 0 Å². The van der Waals surface area contributed by atoms with Crippen molar-refractivity contribution in [2.24, 2.45) is 5.92 Å². The van der Waals surface area contributed by atoms with E-state index in [9.17, 15) is 13.2 Å². The third-order valence-corrected chi connectivity index (χ3v) is 7.30. The number of hydrogen-bond donors (Lipinski definition) is 2. The van der Waals surface area contributed by atoms with E-state index in [0.29, 0.717) is 37.6 Å². The van der Waals surface area contributed by atoms with Crippen LogP contribution in [0.1, 0.15) is 11.6 Å². The predicted octanol–water partition coefficient (Wildman–Crippen LogP) is 0.985. The van der Waals surface area contributed by atoms with Crippen LogP contribution in [-0.4, -0.2) is 56.3 Å². The van der Waals surface area contributed by atoms with E-state index in [4.69, 9.17) is 0 Å². The molecule has 4 rings (SSSR count). The number of hydrazine groups is 1. The quantitative estimate of drug-likeness (QED) is 0.800. The average Bonchev–Trinajstić information content (AvgIpc) is 3.24. The highest BCUT2D eigenvalue weighted by atomic mass is 32.2. The fourth-order valence-corrected chi connectivity index (χ4v) is 5.27. The molecule has 2 atom stereocenters. The Bertz CT molecular complexity index is 913. The maximum atomic E-state index is 13.1. The van der Waals surface area contributed by atoms with Gasteiger partial charge in [-0.3, -0.25) is 10.2 Å². The standard InChI is InChI=1S/C20H24N4O3S/c25-20(18-15-21-22-19(18)16-7-3-1-4-8-16)23-11-13-24(14-12-23)28(26,27)17-9-5-2-6-10-17/h1-10,18-19,21-22H,11-15H2. The van der Waals surface area contributed by atoms with Crippen LogP contribution in [0.3, 0.4) is 0 Å². The molecule has 148 valence electrons. The minimum Gasteiger partial charge on any atom is -0.340 e. The minimum absolute atomic E-state index is 0.0584. The van der Waals surface area contributed by atoms with Gasteiger partial charge in [0.05, 0.1) is 16.9 Å². The monoisotopic (exact) mass is 400 g/mol. The lowest BCUT2D eigenvalue weighted by atomic mass is 9.93. The maximum absolute atomic E-state index is 13.1. The topological polar surface area (TPSA) is 81.8 Å². The second-order valence-corrected chi connectivity index (χ2v) is 9.00. The molecule has 2 aromatic rings. The zero-order valence-electron chi connectivity index (χ0n) is 15.5. The summed E-state index contributed by atoms with van der Waals surface area (Å²) in [6.45, 7) is 1.99. The zero-order chi connectivity index (χ0) is 19.6. The number of piperazine rings is 1. The van der Waals surface area contributed by atoms with Crippen LogP contribution in [0.5, 0.6) is 0 Å². The Labute approximate surface area is 165 Å². The van der Waals surface area contributed by atoms with Gasteiger partial charge in [-0.2, -0.15) is 4.31 Å². The third kappa shape index (κ3) is 3.68. The summed E-state index contributed by atoms with van der Waals surface area (Å²) in [5.74, 6) is -0.150. The van der Waals surface area contributed by atoms with Crippen molar-refractivity contribution in [1.82, 2.24) is 20.1 Å². The number of nitrogens with one attached hydrogen (secondary N) is 2. The van der Waals surface area contributed by atoms with Gasteiger partial charge in [-0.05, 0) is 17.7 Å². The van der Waals surface area contributed by atoms with Crippen molar-refractivity contribution in [2.75, 3.05) is 32.7 Å². The number of benzene rings is 2. The van der Waals surface area contributed by atoms with Gasteiger partial charge >= 0.3 is 0 Å². The number of amides is 1. The van der Waals surface area contributed by atoms with E-state index >= 15 is 0 Å². The largest absolute Gasteiger partial charge is 0.340 e. The molecule has 2 aliphatic rings. The Balaban J connectivity index is 1.42. The Morgan fingerprint density at radius 1 is 0.893 bits per heavy atom. The summed E-state index contributed by atoms with van der Waals surface area (Å²) in [6, 6.07) is 18.3. The molecule has 8 heteroatoms. The van der Waals surface area contributed by atoms with E-state index < -0.39 is 10.0 Å². The van der Waals surface area contributed by atoms with Crippen LogP contribution in [0.2, 0.25) is 0 Å². The van der Waals surface area contributed by atoms with Crippen molar-refractivity contribution in [3.63, 3.8) is 0 Å². The van der Waals surface area contributed by atoms with E-state index in [-0.39, 0.29) is 17.9 Å². The number of nitrogens with zero attached hydrogens (tertiary/aromatic N) is 2. The summed E-state index contributed by atoms with van der Waals surface area (Å²) >= 11 is 0. The van der Waals surface area contributed by atoms with Crippen molar-refractivity contribution >= 4 is 15.9 Å². The summed E-state index contributed by atoms with van der Waals surface area (Å²) < 4.78 is 27.0. The molecule has 0 spiro atoms. The highest BCUT2D eigenvalue weighted by Crippen LogP contribution is 2.27. The molecule has 0 aromatic heterocycles. The molecule has 7 nitrogen and oxygen atoms in total. The van der Waals surface area contributed by atoms with Crippen molar-refractivity contribution in [1.29, 1.82) is 0 Å². The van der Waals surface area contributed by atoms with Crippen LogP contribution in [0.15, 0.2) is 65.6 Å². The fraction of sp³-hybridized carbons (Fsp3) is 0.350. The smallest absolute Gasteiger partial charge is 0.243 e. The molecule has 2 unspecified atom stereocenters. The van der Waals surface area contributed by atoms with E-state index in [1.807, 2.05) is 30.3 Å². The second-order valence-electron chi connectivity index (χ2n) is 7.06. The normalized spacial score (nSPS) is 23.6. The molecule has 2 heterocycles. The number of sulfonamides is 1. The number of carbonyl (C=O) groups excluding carboxylic acids is 1. The lowest BCUT2D eigenvalue weighted by Gasteiger charge is -2.36. The van der Waals surface area contributed by atoms with Gasteiger partial charge in [0.15, 0.2) is 0 Å². The van der Waals surface area contributed by atoms with Gasteiger partial charge in [0.2, 0.25) is 15.9 Å². The summed E-state index contributed by atoms with van der Waals surface area (Å²) in [6.07, 6.45) is 0. The van der Waals surface area contributed by atoms with Crippen LogP contribution in [-0.2, 0) is 14.8 Å². The van der Waals surface area contributed by atoms with E-state index in [2.05, 4.69) is 10.9 Å². The molecule has 2 aromatic carbocycles. The molecular formula is C20H24N4O3S. The van der Waals surface area contributed by atoms with Crippen molar-refractivity contribution < 1.29 is 13.2 Å². The number of hydrogen-bond acceptors (Lipinski definition) is 5. The van der Waals surface area contributed by atoms with Gasteiger partial charge in [-0.1, -0.05) is 48.5 Å². The second kappa shape index (κ2) is 8.00. The van der Waals surface area contributed by atoms with Gasteiger partial charge in [-0.25, -0.2) is 13.8 Å². The van der Waals surface area contributed by atoms with Gasteiger partial charge < -0.3 is 4.90 Å². The number of carbonyl (C=O) groups is 1. The molecule has 2 aliphatic heterocycles. The molecule has 2 saturated heterocycles. The molecular weight excluding hydrogens is 376 g/mol. The molecule has 2 fully saturated rings. The lowest BCUT2D eigenvalue weighted by Crippen LogP contribution is -2.52. The molecule has 2 N–H and O–H groups in total. The Morgan fingerprint density at radius 3 is 2.14 bits per heavy atom. The fourth-order valence-electron chi connectivity index (χ4n) is 3.83. The van der Waals surface area contributed by atoms with Crippen LogP contribution in [0, 0.1) is 5.92 Å². The van der Waals surface area contributed by atoms with Crippen molar-refractivity contribution in [2.45, 2.75) is 10.9 Å². The van der Waals surface area contributed by atoms with Crippen molar-refractivity contribution in [3.05, 3.63) is 66.2 Å². The van der Waals surface area contributed by atoms with E-state index in [1.54, 1.807) is 35.2 Å². The SMILES string of the molecule is O=C(C1CNNC1c1ccccc1)N1CCN(S(=O)(=O)c2ccccc2)CC1. The van der Waals surface area contributed by atoms with Gasteiger partial charge in [0, 0.05) is 32.7 Å². The predicted molar refractivity (Wildman–Crippen MR) is 106 cm³/mol. The summed E-state index contributed by atoms with van der Waals surface area (Å²) in [5.41, 5.74) is 7.35. The first-order chi connectivity index (χ1) is 13.6. The van der Waals surface area contributed by atoms with Gasteiger partial charge in [0.25, 0.3) is 0 Å². The molecule has 1 amide bonds. The van der Waals surface area contributed by atoms with Crippen LogP contribution in [0.25, 0.3) is 0 Å². The molecule has 28 heavy (non-hydrogen) atoms. The minimum atomic E-state index is -3.51. The summed E-state index contributed by atoms with van der Waals surface area (Å²) in [4.78, 5) is 15.2. The molecule has 0 bridgehead atoms. The lowest BCUT2D eigenvalue weighted by molar-refractivity contribution is -0.136. The summed E-state index contributed by atoms with van der Waals surface area (Å²) in [5, 5.41) is 0. The molecule has 0 saturated carbocycles. The first-order valence-corrected chi connectivity index (χ1v) is 10.9. The molecule has 0 aliphatic carbocycles. The first kappa shape index (κ1) is 19.1. The Hall–Kier alpha value is -2.26. The Kier molecular flexibility index (Phi) is 5.45. The zero-order valence-corrected chi connectivity index (χ0v) is 16.3. The van der Waals surface area contributed by atoms with Crippen LogP contribution in [0.4, 0.5) is 0 Å². The summed E-state index contributed by atoms with van der Waals surface area (Å²) in [7, 11) is -3.51. The Morgan fingerprint density at radius 2 is 1.50 bits per heavy atom. The number of rotatable bonds is 4. The third-order valence-electron chi connectivity index (χ3n) is 5.39. The van der Waals surface area contributed by atoms with E-state index in [0.717, 1.165) is 5.56 Å². The van der Waals surface area contributed by atoms with Crippen LogP contribution >= 0.6 is 0 Å². The highest BCUT2D eigenvalue weighted by molar-refractivity contribution is 7.89. The highest BCUT2D eigenvalue weighted by Gasteiger charge is 2.38. The first-order valence-electron chi connectivity index (χ1n) is 9.45. The van der Waals surface area contributed by atoms with Crippen LogP contribution < -0.4 is 10.9 Å². The van der Waals surface area contributed by atoms with Gasteiger partial charge in [0.1, 0.15) is 0 Å².